The van der Waals surface area contributed by atoms with Crippen LogP contribution in [0.3, 0.4) is 0 Å². The quantitative estimate of drug-likeness (QED) is 0.855. The van der Waals surface area contributed by atoms with Crippen molar-refractivity contribution in [3.63, 3.8) is 0 Å². The summed E-state index contributed by atoms with van der Waals surface area (Å²) in [6.45, 7) is 0.515. The van der Waals surface area contributed by atoms with Crippen LogP contribution in [0.5, 0.6) is 0 Å². The lowest BCUT2D eigenvalue weighted by molar-refractivity contribution is 0.628. The van der Waals surface area contributed by atoms with Crippen molar-refractivity contribution in [1.29, 1.82) is 0 Å². The number of aromatic nitrogens is 2. The highest BCUT2D eigenvalue weighted by Gasteiger charge is 2.03. The van der Waals surface area contributed by atoms with E-state index in [2.05, 4.69) is 15.7 Å². The average molecular weight is 299 g/mol. The topological polar surface area (TPSA) is 41.9 Å². The lowest BCUT2D eigenvalue weighted by atomic mass is 10.3. The van der Waals surface area contributed by atoms with Crippen LogP contribution in [-0.4, -0.2) is 14.9 Å². The lowest BCUT2D eigenvalue weighted by Gasteiger charge is -2.09. The van der Waals surface area contributed by atoms with E-state index in [0.29, 0.717) is 17.3 Å². The third kappa shape index (κ3) is 3.90. The summed E-state index contributed by atoms with van der Waals surface area (Å²) < 4.78 is 14.7. The van der Waals surface area contributed by atoms with Crippen LogP contribution in [0.2, 0.25) is 5.02 Å². The Kier molecular flexibility index (Phi) is 4.34. The Morgan fingerprint density at radius 3 is 2.89 bits per heavy atom. The van der Waals surface area contributed by atoms with Gasteiger partial charge in [-0.05, 0) is 36.5 Å². The molecule has 0 radical (unpaired) electrons. The smallest absolute Gasteiger partial charge is 0.171 e. The van der Waals surface area contributed by atoms with Gasteiger partial charge >= 0.3 is 0 Å². The van der Waals surface area contributed by atoms with Crippen LogP contribution in [0.25, 0.3) is 0 Å². The second kappa shape index (κ2) is 5.99. The Labute approximate surface area is 120 Å². The monoisotopic (exact) mass is 298 g/mol. The summed E-state index contributed by atoms with van der Waals surface area (Å²) in [5.74, 6) is -0.459. The second-order valence-corrected chi connectivity index (χ2v) is 4.73. The molecule has 2 aromatic rings. The molecule has 2 rings (SSSR count). The summed E-state index contributed by atoms with van der Waals surface area (Å²) in [6.07, 6.45) is 1.85. The van der Waals surface area contributed by atoms with Crippen molar-refractivity contribution in [3.8, 4) is 0 Å². The molecular formula is C12H12ClFN4S. The molecule has 0 saturated carbocycles. The number of rotatable bonds is 3. The fraction of sp³-hybridized carbons (Fsp3) is 0.167. The molecule has 1 aromatic carbocycles. The number of thiocarbonyl (C=S) groups is 1. The fourth-order valence-corrected chi connectivity index (χ4v) is 1.85. The Morgan fingerprint density at radius 1 is 1.47 bits per heavy atom. The largest absolute Gasteiger partial charge is 0.357 e. The zero-order chi connectivity index (χ0) is 13.8. The van der Waals surface area contributed by atoms with Crippen LogP contribution in [-0.2, 0) is 13.6 Å². The minimum absolute atomic E-state index is 0.0533. The highest BCUT2D eigenvalue weighted by atomic mass is 35.5. The van der Waals surface area contributed by atoms with Crippen molar-refractivity contribution in [2.75, 3.05) is 5.32 Å². The minimum Gasteiger partial charge on any atom is -0.357 e. The first-order valence-electron chi connectivity index (χ1n) is 5.53. The van der Waals surface area contributed by atoms with E-state index >= 15 is 0 Å². The molecule has 4 nitrogen and oxygen atoms in total. The van der Waals surface area contributed by atoms with Gasteiger partial charge in [0.25, 0.3) is 0 Å². The molecule has 1 aromatic heterocycles. The molecule has 0 aliphatic heterocycles. The van der Waals surface area contributed by atoms with E-state index in [1.165, 1.54) is 12.1 Å². The van der Waals surface area contributed by atoms with Crippen molar-refractivity contribution in [3.05, 3.63) is 47.0 Å². The average Bonchev–Trinajstić information content (AvgIpc) is 2.77. The van der Waals surface area contributed by atoms with Gasteiger partial charge in [0.15, 0.2) is 5.11 Å². The zero-order valence-electron chi connectivity index (χ0n) is 10.2. The predicted molar refractivity (Wildman–Crippen MR) is 77.7 cm³/mol. The molecule has 0 saturated heterocycles. The van der Waals surface area contributed by atoms with E-state index in [0.717, 1.165) is 5.69 Å². The van der Waals surface area contributed by atoms with E-state index < -0.39 is 5.82 Å². The summed E-state index contributed by atoms with van der Waals surface area (Å²) in [4.78, 5) is 0. The number of anilines is 1. The van der Waals surface area contributed by atoms with Gasteiger partial charge in [0.1, 0.15) is 5.82 Å². The van der Waals surface area contributed by atoms with E-state index in [-0.39, 0.29) is 5.02 Å². The molecule has 0 aliphatic carbocycles. The van der Waals surface area contributed by atoms with E-state index in [1.807, 2.05) is 19.3 Å². The first-order valence-corrected chi connectivity index (χ1v) is 6.31. The van der Waals surface area contributed by atoms with Crippen molar-refractivity contribution in [2.45, 2.75) is 6.54 Å². The molecule has 0 fully saturated rings. The number of benzene rings is 1. The molecule has 100 valence electrons. The highest BCUT2D eigenvalue weighted by Crippen LogP contribution is 2.19. The molecule has 19 heavy (non-hydrogen) atoms. The number of hydrogen-bond donors (Lipinski definition) is 2. The molecule has 0 aliphatic rings. The van der Waals surface area contributed by atoms with Gasteiger partial charge in [0.2, 0.25) is 0 Å². The minimum atomic E-state index is -0.459. The Hall–Kier alpha value is -1.66. The van der Waals surface area contributed by atoms with Crippen LogP contribution < -0.4 is 10.6 Å². The second-order valence-electron chi connectivity index (χ2n) is 3.92. The number of nitrogens with zero attached hydrogens (tertiary/aromatic N) is 2. The van der Waals surface area contributed by atoms with Gasteiger partial charge in [-0.25, -0.2) is 4.39 Å². The Morgan fingerprint density at radius 2 is 2.26 bits per heavy atom. The van der Waals surface area contributed by atoms with E-state index in [1.54, 1.807) is 10.7 Å². The molecule has 0 bridgehead atoms. The molecule has 2 N–H and O–H groups in total. The third-order valence-electron chi connectivity index (χ3n) is 2.38. The van der Waals surface area contributed by atoms with Crippen molar-refractivity contribution in [1.82, 2.24) is 15.1 Å². The number of halogens is 2. The van der Waals surface area contributed by atoms with Crippen molar-refractivity contribution >= 4 is 34.6 Å². The maximum Gasteiger partial charge on any atom is 0.171 e. The zero-order valence-corrected chi connectivity index (χ0v) is 11.7. The van der Waals surface area contributed by atoms with Crippen LogP contribution in [0.1, 0.15) is 5.69 Å². The predicted octanol–water partition coefficient (Wildman–Crippen LogP) is 2.70. The van der Waals surface area contributed by atoms with Crippen LogP contribution in [0, 0.1) is 5.82 Å². The van der Waals surface area contributed by atoms with Gasteiger partial charge < -0.3 is 10.6 Å². The van der Waals surface area contributed by atoms with Crippen molar-refractivity contribution in [2.24, 2.45) is 7.05 Å². The fourth-order valence-electron chi connectivity index (χ4n) is 1.48. The standard InChI is InChI=1S/C12H12ClFN4S/c1-18-5-4-9(17-18)7-15-12(19)16-8-2-3-11(14)10(13)6-8/h2-6H,7H2,1H3,(H2,15,16,19). The molecular weight excluding hydrogens is 287 g/mol. The number of hydrogen-bond acceptors (Lipinski definition) is 2. The first-order chi connectivity index (χ1) is 9.04. The summed E-state index contributed by atoms with van der Waals surface area (Å²) >= 11 is 10.8. The normalized spacial score (nSPS) is 10.3. The van der Waals surface area contributed by atoms with E-state index in [9.17, 15) is 4.39 Å². The van der Waals surface area contributed by atoms with Crippen LogP contribution in [0.4, 0.5) is 10.1 Å². The maximum atomic E-state index is 13.0. The SMILES string of the molecule is Cn1ccc(CNC(=S)Nc2ccc(F)c(Cl)c2)n1. The van der Waals surface area contributed by atoms with E-state index in [4.69, 9.17) is 23.8 Å². The van der Waals surface area contributed by atoms with Gasteiger partial charge in [-0.2, -0.15) is 5.10 Å². The molecule has 0 atom stereocenters. The van der Waals surface area contributed by atoms with Gasteiger partial charge in [-0.3, -0.25) is 4.68 Å². The summed E-state index contributed by atoms with van der Waals surface area (Å²) in [5, 5.41) is 10.6. The van der Waals surface area contributed by atoms with Gasteiger partial charge in [-0.15, -0.1) is 0 Å². The number of aryl methyl sites for hydroxylation is 1. The van der Waals surface area contributed by atoms with Crippen LogP contribution in [0.15, 0.2) is 30.5 Å². The molecule has 0 unspecified atom stereocenters. The van der Waals surface area contributed by atoms with Crippen molar-refractivity contribution < 1.29 is 4.39 Å². The van der Waals surface area contributed by atoms with Gasteiger partial charge in [-0.1, -0.05) is 11.6 Å². The maximum absolute atomic E-state index is 13.0. The van der Waals surface area contributed by atoms with Gasteiger partial charge in [0, 0.05) is 18.9 Å². The summed E-state index contributed by atoms with van der Waals surface area (Å²) in [5.41, 5.74) is 1.51. The molecule has 0 amide bonds. The Balaban J connectivity index is 1.88. The first kappa shape index (κ1) is 13.8. The van der Waals surface area contributed by atoms with Gasteiger partial charge in [0.05, 0.1) is 17.3 Å². The Bertz CT molecular complexity index is 599. The summed E-state index contributed by atoms with van der Waals surface area (Å²) in [7, 11) is 1.85. The summed E-state index contributed by atoms with van der Waals surface area (Å²) in [6, 6.07) is 6.22. The third-order valence-corrected chi connectivity index (χ3v) is 2.91. The molecule has 1 heterocycles. The van der Waals surface area contributed by atoms with Crippen LogP contribution >= 0.6 is 23.8 Å². The molecule has 7 heteroatoms. The molecule has 0 spiro atoms. The lowest BCUT2D eigenvalue weighted by Crippen LogP contribution is -2.28. The number of nitrogens with one attached hydrogen (secondary N) is 2. The highest BCUT2D eigenvalue weighted by molar-refractivity contribution is 7.80.